The van der Waals surface area contributed by atoms with Gasteiger partial charge in [-0.15, -0.1) is 0 Å². The van der Waals surface area contributed by atoms with Crippen LogP contribution in [-0.2, 0) is 22.4 Å². The molecule has 1 aliphatic carbocycles. The average Bonchev–Trinajstić information content (AvgIpc) is 3.13. The molecule has 0 aromatic heterocycles. The van der Waals surface area contributed by atoms with Gasteiger partial charge in [-0.2, -0.15) is 0 Å². The Labute approximate surface area is 158 Å². The van der Waals surface area contributed by atoms with Gasteiger partial charge < -0.3 is 14.9 Å². The molecule has 2 aliphatic heterocycles. The van der Waals surface area contributed by atoms with Crippen LogP contribution in [0.1, 0.15) is 43.2 Å². The summed E-state index contributed by atoms with van der Waals surface area (Å²) in [6.45, 7) is 0. The van der Waals surface area contributed by atoms with Gasteiger partial charge >= 0.3 is 11.9 Å². The molecule has 27 heavy (non-hydrogen) atoms. The number of likely N-dealkylation sites (N-methyl/N-ethyl adjacent to an activating group) is 1. The van der Waals surface area contributed by atoms with Crippen molar-refractivity contribution in [1.82, 2.24) is 4.90 Å². The fourth-order valence-corrected chi connectivity index (χ4v) is 5.27. The topological polar surface area (TPSA) is 87.1 Å². The minimum absolute atomic E-state index is 0.0396. The van der Waals surface area contributed by atoms with E-state index < -0.39 is 17.5 Å². The number of aliphatic carboxylic acids is 2. The molecule has 2 fully saturated rings. The fourth-order valence-electron chi connectivity index (χ4n) is 5.27. The largest absolute Gasteiger partial charge is 0.490 e. The molecule has 0 radical (unpaired) electrons. The average molecular weight is 371 g/mol. The van der Waals surface area contributed by atoms with E-state index in [0.29, 0.717) is 12.8 Å². The van der Waals surface area contributed by atoms with Crippen LogP contribution in [0.4, 0.5) is 0 Å². The van der Waals surface area contributed by atoms with E-state index in [9.17, 15) is 19.8 Å². The summed E-state index contributed by atoms with van der Waals surface area (Å²) in [5.74, 6) is -1.55. The Bertz CT molecular complexity index is 817. The molecule has 0 amide bonds. The molecule has 2 saturated heterocycles. The quantitative estimate of drug-likeness (QED) is 0.774. The van der Waals surface area contributed by atoms with Gasteiger partial charge in [0, 0.05) is 18.5 Å². The minimum Gasteiger partial charge on any atom is -0.490 e. The smallest absolute Gasteiger partial charge is 0.333 e. The SMILES string of the molecule is CN1C2CCC1(/C(=C\C(=O)O)C(=O)O)CC(Oc1ccc3c(c1)CCC3)C2. The third kappa shape index (κ3) is 3.12. The minimum atomic E-state index is -1.22. The van der Waals surface area contributed by atoms with Crippen LogP contribution in [-0.4, -0.2) is 51.8 Å². The van der Waals surface area contributed by atoms with E-state index in [1.165, 1.54) is 17.5 Å². The molecule has 6 nitrogen and oxygen atoms in total. The Morgan fingerprint density at radius 3 is 2.78 bits per heavy atom. The zero-order valence-corrected chi connectivity index (χ0v) is 15.5. The number of hydrogen-bond donors (Lipinski definition) is 2. The van der Waals surface area contributed by atoms with Crippen molar-refractivity contribution in [2.75, 3.05) is 7.05 Å². The molecule has 4 rings (SSSR count). The van der Waals surface area contributed by atoms with Gasteiger partial charge in [-0.25, -0.2) is 9.59 Å². The van der Waals surface area contributed by atoms with Gasteiger partial charge in [-0.05, 0) is 68.8 Å². The van der Waals surface area contributed by atoms with Crippen LogP contribution < -0.4 is 4.74 Å². The maximum absolute atomic E-state index is 11.9. The lowest BCUT2D eigenvalue weighted by Gasteiger charge is -2.46. The van der Waals surface area contributed by atoms with Gasteiger partial charge in [-0.1, -0.05) is 6.07 Å². The highest BCUT2D eigenvalue weighted by Gasteiger charge is 2.54. The number of ether oxygens (including phenoxy) is 1. The first kappa shape index (κ1) is 18.0. The summed E-state index contributed by atoms with van der Waals surface area (Å²) >= 11 is 0. The molecule has 3 unspecified atom stereocenters. The Hall–Kier alpha value is -2.34. The van der Waals surface area contributed by atoms with Crippen molar-refractivity contribution < 1.29 is 24.5 Å². The van der Waals surface area contributed by atoms with Gasteiger partial charge in [0.1, 0.15) is 11.9 Å². The number of carbonyl (C=O) groups is 2. The van der Waals surface area contributed by atoms with E-state index in [4.69, 9.17) is 4.74 Å². The van der Waals surface area contributed by atoms with Crippen molar-refractivity contribution in [2.24, 2.45) is 0 Å². The molecule has 0 spiro atoms. The molecule has 2 N–H and O–H groups in total. The first-order valence-electron chi connectivity index (χ1n) is 9.59. The van der Waals surface area contributed by atoms with Gasteiger partial charge in [0.2, 0.25) is 0 Å². The van der Waals surface area contributed by atoms with Crippen LogP contribution in [0.15, 0.2) is 29.8 Å². The van der Waals surface area contributed by atoms with E-state index in [1.54, 1.807) is 0 Å². The normalized spacial score (nSPS) is 30.2. The van der Waals surface area contributed by atoms with E-state index in [2.05, 4.69) is 17.0 Å². The molecular weight excluding hydrogens is 346 g/mol. The predicted octanol–water partition coefficient (Wildman–Crippen LogP) is 2.65. The number of nitrogens with zero attached hydrogens (tertiary/aromatic N) is 1. The second kappa shape index (κ2) is 6.68. The lowest BCUT2D eigenvalue weighted by atomic mass is 9.80. The van der Waals surface area contributed by atoms with Crippen LogP contribution in [0.2, 0.25) is 0 Å². The molecule has 2 bridgehead atoms. The molecule has 144 valence electrons. The lowest BCUT2D eigenvalue weighted by molar-refractivity contribution is -0.137. The highest BCUT2D eigenvalue weighted by molar-refractivity contribution is 5.96. The number of carboxylic acids is 2. The van der Waals surface area contributed by atoms with E-state index in [1.807, 2.05) is 13.1 Å². The van der Waals surface area contributed by atoms with Crippen molar-refractivity contribution in [3.05, 3.63) is 41.0 Å². The first-order valence-corrected chi connectivity index (χ1v) is 9.59. The van der Waals surface area contributed by atoms with Crippen molar-refractivity contribution in [3.63, 3.8) is 0 Å². The summed E-state index contributed by atoms with van der Waals surface area (Å²) in [6.07, 6.45) is 6.93. The Kier molecular flexibility index (Phi) is 4.46. The number of aryl methyl sites for hydroxylation is 2. The van der Waals surface area contributed by atoms with E-state index in [0.717, 1.165) is 37.5 Å². The highest BCUT2D eigenvalue weighted by Crippen LogP contribution is 2.48. The van der Waals surface area contributed by atoms with Crippen LogP contribution in [0.3, 0.4) is 0 Å². The Morgan fingerprint density at radius 2 is 2.04 bits per heavy atom. The summed E-state index contributed by atoms with van der Waals surface area (Å²) < 4.78 is 6.28. The number of piperidine rings is 1. The predicted molar refractivity (Wildman–Crippen MR) is 99.0 cm³/mol. The van der Waals surface area contributed by atoms with Gasteiger partial charge in [-0.3, -0.25) is 4.90 Å². The van der Waals surface area contributed by atoms with Crippen molar-refractivity contribution in [1.29, 1.82) is 0 Å². The van der Waals surface area contributed by atoms with E-state index in [-0.39, 0.29) is 17.7 Å². The number of benzene rings is 1. The Balaban J connectivity index is 1.60. The van der Waals surface area contributed by atoms with Crippen LogP contribution >= 0.6 is 0 Å². The van der Waals surface area contributed by atoms with E-state index >= 15 is 0 Å². The number of carboxylic acid groups (broad SMARTS) is 2. The van der Waals surface area contributed by atoms with Crippen LogP contribution in [0.25, 0.3) is 0 Å². The third-order valence-electron chi connectivity index (χ3n) is 6.59. The molecule has 0 saturated carbocycles. The zero-order valence-electron chi connectivity index (χ0n) is 15.5. The molecule has 1 aromatic rings. The van der Waals surface area contributed by atoms with Crippen LogP contribution in [0, 0.1) is 0 Å². The molecule has 3 atom stereocenters. The number of fused-ring (bicyclic) bond motifs is 3. The van der Waals surface area contributed by atoms with Crippen molar-refractivity contribution in [2.45, 2.75) is 62.6 Å². The summed E-state index contributed by atoms with van der Waals surface area (Å²) in [7, 11) is 1.90. The van der Waals surface area contributed by atoms with Crippen molar-refractivity contribution >= 4 is 11.9 Å². The molecule has 6 heteroatoms. The first-order chi connectivity index (χ1) is 12.9. The second-order valence-corrected chi connectivity index (χ2v) is 8.00. The molecule has 3 aliphatic rings. The number of rotatable bonds is 5. The van der Waals surface area contributed by atoms with Gasteiger partial charge in [0.05, 0.1) is 11.1 Å². The fraction of sp³-hybridized carbons (Fsp3) is 0.524. The molecular formula is C21H25NO5. The monoisotopic (exact) mass is 371 g/mol. The third-order valence-corrected chi connectivity index (χ3v) is 6.59. The second-order valence-electron chi connectivity index (χ2n) is 8.00. The van der Waals surface area contributed by atoms with Crippen molar-refractivity contribution in [3.8, 4) is 5.75 Å². The Morgan fingerprint density at radius 1 is 1.26 bits per heavy atom. The lowest BCUT2D eigenvalue weighted by Crippen LogP contribution is -2.55. The standard InChI is InChI=1S/C21H25NO5/c1-22-15-7-8-21(22,18(20(25)26)11-19(23)24)12-17(10-15)27-16-6-5-13-3-2-4-14(13)9-16/h5-6,9,11,15,17H,2-4,7-8,10,12H2,1H3,(H,23,24)(H,25,26)/b18-11-. The summed E-state index contributed by atoms with van der Waals surface area (Å²) in [5, 5.41) is 18.9. The van der Waals surface area contributed by atoms with Gasteiger partial charge in [0.25, 0.3) is 0 Å². The summed E-state index contributed by atoms with van der Waals surface area (Å²) in [5.41, 5.74) is 1.91. The maximum atomic E-state index is 11.9. The maximum Gasteiger partial charge on any atom is 0.333 e. The summed E-state index contributed by atoms with van der Waals surface area (Å²) in [4.78, 5) is 25.1. The van der Waals surface area contributed by atoms with Crippen LogP contribution in [0.5, 0.6) is 5.75 Å². The number of hydrogen-bond acceptors (Lipinski definition) is 4. The summed E-state index contributed by atoms with van der Waals surface area (Å²) in [6, 6.07) is 6.45. The molecule has 1 aromatic carbocycles. The van der Waals surface area contributed by atoms with Gasteiger partial charge in [0.15, 0.2) is 0 Å². The molecule has 2 heterocycles. The zero-order chi connectivity index (χ0) is 19.2. The highest BCUT2D eigenvalue weighted by atomic mass is 16.5.